The fraction of sp³-hybridized carbons (Fsp3) is 0.333. The van der Waals surface area contributed by atoms with Crippen molar-refractivity contribution in [3.63, 3.8) is 0 Å². The number of nitriles is 1. The minimum absolute atomic E-state index is 0.116. The maximum atomic E-state index is 13.4. The summed E-state index contributed by atoms with van der Waals surface area (Å²) >= 11 is 1.63. The molecule has 0 bridgehead atoms. The number of ketones is 1. The normalized spacial score (nSPS) is 21.3. The van der Waals surface area contributed by atoms with E-state index in [4.69, 9.17) is 5.73 Å². The Morgan fingerprint density at radius 2 is 1.97 bits per heavy atom. The molecule has 5 heteroatoms. The zero-order chi connectivity index (χ0) is 20.9. The van der Waals surface area contributed by atoms with Gasteiger partial charge in [-0.3, -0.25) is 9.69 Å². The van der Waals surface area contributed by atoms with Crippen LogP contribution in [0.4, 0.5) is 5.69 Å². The highest BCUT2D eigenvalue weighted by Gasteiger charge is 2.45. The molecule has 1 aromatic heterocycles. The van der Waals surface area contributed by atoms with Gasteiger partial charge in [0.1, 0.15) is 5.82 Å². The molecular weight excluding hydrogens is 378 g/mol. The Morgan fingerprint density at radius 3 is 2.59 bits per heavy atom. The van der Waals surface area contributed by atoms with Crippen LogP contribution in [0.5, 0.6) is 0 Å². The molecule has 1 aliphatic carbocycles. The van der Waals surface area contributed by atoms with Crippen LogP contribution in [0.1, 0.15) is 47.9 Å². The molecule has 4 rings (SSSR count). The van der Waals surface area contributed by atoms with Gasteiger partial charge in [-0.25, -0.2) is 0 Å². The topological polar surface area (TPSA) is 70.1 Å². The van der Waals surface area contributed by atoms with Gasteiger partial charge >= 0.3 is 0 Å². The Hall–Kier alpha value is -2.84. The number of allylic oxidation sites excluding steroid dienone is 3. The Balaban J connectivity index is 2.00. The molecule has 1 unspecified atom stereocenters. The number of nitrogens with two attached hydrogens (primary N) is 1. The first-order valence-corrected chi connectivity index (χ1v) is 10.6. The Labute approximate surface area is 176 Å². The summed E-state index contributed by atoms with van der Waals surface area (Å²) in [6.07, 6.45) is 1.22. The second-order valence-electron chi connectivity index (χ2n) is 8.77. The average molecular weight is 404 g/mol. The highest BCUT2D eigenvalue weighted by Crippen LogP contribution is 2.51. The van der Waals surface area contributed by atoms with Gasteiger partial charge in [-0.1, -0.05) is 26.0 Å². The first kappa shape index (κ1) is 19.5. The van der Waals surface area contributed by atoms with E-state index in [0.717, 1.165) is 38.7 Å². The minimum atomic E-state index is -0.377. The molecule has 2 aromatic rings. The van der Waals surface area contributed by atoms with Crippen LogP contribution < -0.4 is 10.6 Å². The first-order valence-electron chi connectivity index (χ1n) is 9.81. The summed E-state index contributed by atoms with van der Waals surface area (Å²) in [4.78, 5) is 17.5. The van der Waals surface area contributed by atoms with E-state index in [2.05, 4.69) is 19.9 Å². The zero-order valence-electron chi connectivity index (χ0n) is 17.2. The van der Waals surface area contributed by atoms with Gasteiger partial charge in [-0.05, 0) is 55.5 Å². The number of aryl methyl sites for hydroxylation is 2. The molecule has 2 N–H and O–H groups in total. The SMILES string of the molecule is Cc1cccc(N2C(N)=C(C#N)C(c3ccc(C)s3)C3=C2CC(C)(C)CC3=O)c1. The fourth-order valence-electron chi connectivity index (χ4n) is 4.46. The number of thiophene rings is 1. The molecule has 4 nitrogen and oxygen atoms in total. The largest absolute Gasteiger partial charge is 0.384 e. The highest BCUT2D eigenvalue weighted by molar-refractivity contribution is 7.12. The maximum absolute atomic E-state index is 13.4. The van der Waals surface area contributed by atoms with Crippen LogP contribution in [0.2, 0.25) is 0 Å². The van der Waals surface area contributed by atoms with Crippen molar-refractivity contribution < 1.29 is 4.79 Å². The molecule has 0 spiro atoms. The van der Waals surface area contributed by atoms with Crippen LogP contribution in [-0.4, -0.2) is 5.78 Å². The van der Waals surface area contributed by atoms with Crippen LogP contribution >= 0.6 is 11.3 Å². The molecule has 0 fully saturated rings. The van der Waals surface area contributed by atoms with E-state index in [-0.39, 0.29) is 17.1 Å². The van der Waals surface area contributed by atoms with Crippen molar-refractivity contribution in [1.82, 2.24) is 0 Å². The lowest BCUT2D eigenvalue weighted by molar-refractivity contribution is -0.118. The Morgan fingerprint density at radius 1 is 1.21 bits per heavy atom. The molecular formula is C24H25N3OS. The predicted molar refractivity (Wildman–Crippen MR) is 117 cm³/mol. The third-order valence-corrected chi connectivity index (χ3v) is 6.75. The van der Waals surface area contributed by atoms with Crippen molar-refractivity contribution in [2.75, 3.05) is 4.90 Å². The predicted octanol–water partition coefficient (Wildman–Crippen LogP) is 5.31. The zero-order valence-corrected chi connectivity index (χ0v) is 18.1. The summed E-state index contributed by atoms with van der Waals surface area (Å²) in [5, 5.41) is 10.1. The quantitative estimate of drug-likeness (QED) is 0.738. The highest BCUT2D eigenvalue weighted by atomic mass is 32.1. The van der Waals surface area contributed by atoms with E-state index in [1.54, 1.807) is 11.3 Å². The number of anilines is 1. The lowest BCUT2D eigenvalue weighted by atomic mass is 9.69. The monoisotopic (exact) mass is 403 g/mol. The molecule has 148 valence electrons. The van der Waals surface area contributed by atoms with Gasteiger partial charge in [-0.15, -0.1) is 11.3 Å². The second-order valence-corrected chi connectivity index (χ2v) is 10.1. The molecule has 2 aliphatic rings. The van der Waals surface area contributed by atoms with Crippen LogP contribution in [0.15, 0.2) is 59.1 Å². The number of hydrogen-bond acceptors (Lipinski definition) is 5. The number of hydrogen-bond donors (Lipinski definition) is 1. The number of nitrogens with zero attached hydrogens (tertiary/aromatic N) is 2. The van der Waals surface area contributed by atoms with Crippen LogP contribution in [0.25, 0.3) is 0 Å². The van der Waals surface area contributed by atoms with Gasteiger partial charge in [0.25, 0.3) is 0 Å². The number of rotatable bonds is 2. The summed E-state index contributed by atoms with van der Waals surface area (Å²) in [6.45, 7) is 8.30. The molecule has 2 heterocycles. The van der Waals surface area contributed by atoms with E-state index in [1.807, 2.05) is 55.1 Å². The molecule has 0 amide bonds. The standard InChI is InChI=1S/C24H25N3OS/c1-14-6-5-7-16(10-14)27-18-11-24(3,4)12-19(28)22(18)21(17(13-25)23(27)26)20-9-8-15(2)29-20/h5-10,21H,11-12,26H2,1-4H3. The third kappa shape index (κ3) is 3.28. The van der Waals surface area contributed by atoms with Crippen LogP contribution in [0.3, 0.4) is 0 Å². The summed E-state index contributed by atoms with van der Waals surface area (Å²) in [6, 6.07) is 14.4. The number of benzene rings is 1. The fourth-order valence-corrected chi connectivity index (χ4v) is 5.46. The van der Waals surface area contributed by atoms with Gasteiger partial charge in [0, 0.05) is 33.1 Å². The summed E-state index contributed by atoms with van der Waals surface area (Å²) in [5.41, 5.74) is 10.6. The van der Waals surface area contributed by atoms with Crippen molar-refractivity contribution in [1.29, 1.82) is 5.26 Å². The van der Waals surface area contributed by atoms with E-state index < -0.39 is 0 Å². The number of Topliss-reactive ketones (excluding diaryl/α,β-unsaturated/α-hetero) is 1. The number of carbonyl (C=O) groups is 1. The van der Waals surface area contributed by atoms with Gasteiger partial charge in [-0.2, -0.15) is 5.26 Å². The average Bonchev–Trinajstić information content (AvgIpc) is 3.05. The van der Waals surface area contributed by atoms with Crippen molar-refractivity contribution in [2.24, 2.45) is 11.1 Å². The molecule has 1 atom stereocenters. The third-order valence-electron chi connectivity index (χ3n) is 5.69. The van der Waals surface area contributed by atoms with Crippen molar-refractivity contribution in [3.05, 3.63) is 74.4 Å². The minimum Gasteiger partial charge on any atom is -0.384 e. The summed E-state index contributed by atoms with van der Waals surface area (Å²) < 4.78 is 0. The van der Waals surface area contributed by atoms with Crippen molar-refractivity contribution >= 4 is 22.8 Å². The molecule has 1 aliphatic heterocycles. The summed E-state index contributed by atoms with van der Waals surface area (Å²) in [5.74, 6) is 0.168. The molecule has 0 saturated carbocycles. The van der Waals surface area contributed by atoms with E-state index in [0.29, 0.717) is 17.8 Å². The molecule has 0 radical (unpaired) electrons. The Kier molecular flexibility index (Phi) is 4.63. The smallest absolute Gasteiger partial charge is 0.162 e. The molecule has 29 heavy (non-hydrogen) atoms. The Bertz CT molecular complexity index is 1110. The first-order chi connectivity index (χ1) is 13.7. The molecule has 0 saturated heterocycles. The van der Waals surface area contributed by atoms with Gasteiger partial charge in [0.15, 0.2) is 5.78 Å². The maximum Gasteiger partial charge on any atom is 0.162 e. The molecule has 1 aromatic carbocycles. The summed E-state index contributed by atoms with van der Waals surface area (Å²) in [7, 11) is 0. The van der Waals surface area contributed by atoms with Crippen molar-refractivity contribution in [3.8, 4) is 6.07 Å². The van der Waals surface area contributed by atoms with Crippen LogP contribution in [0, 0.1) is 30.6 Å². The second kappa shape index (κ2) is 6.89. The lowest BCUT2D eigenvalue weighted by Crippen LogP contribution is -2.42. The van der Waals surface area contributed by atoms with Gasteiger partial charge in [0.05, 0.1) is 17.6 Å². The van der Waals surface area contributed by atoms with E-state index in [1.165, 1.54) is 0 Å². The number of carbonyl (C=O) groups excluding carboxylic acids is 1. The lowest BCUT2D eigenvalue weighted by Gasteiger charge is -2.43. The van der Waals surface area contributed by atoms with Crippen molar-refractivity contribution in [2.45, 2.75) is 46.5 Å². The van der Waals surface area contributed by atoms with Gasteiger partial charge in [0.2, 0.25) is 0 Å². The van der Waals surface area contributed by atoms with E-state index in [9.17, 15) is 10.1 Å². The van der Waals surface area contributed by atoms with Crippen LogP contribution in [-0.2, 0) is 4.79 Å². The van der Waals surface area contributed by atoms with E-state index >= 15 is 0 Å². The van der Waals surface area contributed by atoms with Gasteiger partial charge < -0.3 is 5.73 Å².